The molecular formula is C29H54. The summed E-state index contributed by atoms with van der Waals surface area (Å²) in [6, 6.07) is 0. The number of fused-ring (bicyclic) bond motifs is 5. The molecular weight excluding hydrogens is 348 g/mol. The molecule has 0 spiro atoms. The first-order valence-corrected chi connectivity index (χ1v) is 12.0. The van der Waals surface area contributed by atoms with Crippen LogP contribution in [0.5, 0.6) is 0 Å². The van der Waals surface area contributed by atoms with Crippen LogP contribution in [0.3, 0.4) is 0 Å². The van der Waals surface area contributed by atoms with E-state index in [1.165, 1.54) is 0 Å². The summed E-state index contributed by atoms with van der Waals surface area (Å²) in [5.74, 6) is 0. The zero-order chi connectivity index (χ0) is 23.7. The van der Waals surface area contributed by atoms with E-state index in [1.54, 1.807) is 11.1 Å². The van der Waals surface area contributed by atoms with Gasteiger partial charge in [-0.3, -0.25) is 0 Å². The molecule has 0 saturated heterocycles. The van der Waals surface area contributed by atoms with E-state index in [-0.39, 0.29) is 48.7 Å². The number of hydrogen-bond acceptors (Lipinski definition) is 0. The number of hydrogen-bond donors (Lipinski definition) is 0. The van der Waals surface area contributed by atoms with Crippen LogP contribution < -0.4 is 0 Å². The molecule has 0 aromatic heterocycles. The maximum absolute atomic E-state index is 2.65. The van der Waals surface area contributed by atoms with Crippen molar-refractivity contribution >= 4 is 0 Å². The molecule has 3 aliphatic carbocycles. The molecule has 3 rings (SSSR count). The van der Waals surface area contributed by atoms with Crippen LogP contribution in [0.4, 0.5) is 0 Å². The molecule has 0 amide bonds. The molecule has 0 aromatic carbocycles. The monoisotopic (exact) mass is 402 g/mol. The Kier molecular flexibility index (Phi) is 4.79. The van der Waals surface area contributed by atoms with Gasteiger partial charge in [0.2, 0.25) is 0 Å². The molecule has 0 heterocycles. The molecule has 3 aliphatic rings. The lowest BCUT2D eigenvalue weighted by Crippen LogP contribution is -2.76. The average Bonchev–Trinajstić information content (AvgIpc) is 2.55. The van der Waals surface area contributed by atoms with E-state index < -0.39 is 0 Å². The Morgan fingerprint density at radius 2 is 0.621 bits per heavy atom. The molecule has 170 valence electrons. The highest BCUT2D eigenvalue weighted by molar-refractivity contribution is 5.39. The molecule has 0 unspecified atom stereocenters. The summed E-state index contributed by atoms with van der Waals surface area (Å²) in [6.45, 7) is 46.4. The maximum Gasteiger partial charge on any atom is -0.000357 e. The van der Waals surface area contributed by atoms with Crippen molar-refractivity contribution in [1.82, 2.24) is 0 Å². The van der Waals surface area contributed by atoms with Gasteiger partial charge in [0, 0.05) is 0 Å². The van der Waals surface area contributed by atoms with Gasteiger partial charge >= 0.3 is 0 Å². The van der Waals surface area contributed by atoms with Gasteiger partial charge in [0.1, 0.15) is 0 Å². The molecule has 0 aromatic rings. The first-order chi connectivity index (χ1) is 12.3. The van der Waals surface area contributed by atoms with Crippen molar-refractivity contribution in [2.45, 2.75) is 125 Å². The Morgan fingerprint density at radius 3 is 0.897 bits per heavy atom. The fraction of sp³-hybridized carbons (Fsp3) is 0.931. The Morgan fingerprint density at radius 1 is 0.345 bits per heavy atom. The molecule has 0 aliphatic heterocycles. The summed E-state index contributed by atoms with van der Waals surface area (Å²) in [5, 5.41) is 0. The topological polar surface area (TPSA) is 0 Å². The minimum atomic E-state index is 0.0602. The molecule has 1 fully saturated rings. The zero-order valence-corrected chi connectivity index (χ0v) is 23.5. The summed E-state index contributed by atoms with van der Waals surface area (Å²) < 4.78 is 0. The molecule has 0 N–H and O–H groups in total. The second-order valence-electron chi connectivity index (χ2n) is 14.9. The van der Waals surface area contributed by atoms with Gasteiger partial charge in [-0.15, -0.1) is 0 Å². The predicted octanol–water partition coefficient (Wildman–Crippen LogP) is 9.55. The lowest BCUT2D eigenvalue weighted by molar-refractivity contribution is -0.311. The molecule has 0 radical (unpaired) electrons. The second-order valence-corrected chi connectivity index (χ2v) is 14.9. The van der Waals surface area contributed by atoms with Crippen molar-refractivity contribution in [1.29, 1.82) is 0 Å². The largest absolute Gasteiger partial charge is 0.0676 e. The van der Waals surface area contributed by atoms with Crippen LogP contribution in [0.25, 0.3) is 0 Å². The Bertz CT molecular complexity index is 703. The van der Waals surface area contributed by atoms with E-state index in [0.29, 0.717) is 0 Å². The number of allylic oxidation sites excluding steroid dienone is 2. The second kappa shape index (κ2) is 5.56. The van der Waals surface area contributed by atoms with Crippen LogP contribution in [0, 0.1) is 48.7 Å². The fourth-order valence-corrected chi connectivity index (χ4v) is 9.34. The normalized spacial score (nSPS) is 40.8. The summed E-state index contributed by atoms with van der Waals surface area (Å²) in [6.07, 6.45) is 0. The molecule has 29 heavy (non-hydrogen) atoms. The third-order valence-electron chi connectivity index (χ3n) is 14.8. The first kappa shape index (κ1) is 25.0. The van der Waals surface area contributed by atoms with Crippen LogP contribution in [0.2, 0.25) is 0 Å². The van der Waals surface area contributed by atoms with Crippen molar-refractivity contribution in [3.63, 3.8) is 0 Å². The van der Waals surface area contributed by atoms with Crippen molar-refractivity contribution in [2.75, 3.05) is 0 Å². The minimum Gasteiger partial charge on any atom is -0.0676 e. The first-order valence-electron chi connectivity index (χ1n) is 12.0. The van der Waals surface area contributed by atoms with E-state index in [2.05, 4.69) is 125 Å². The van der Waals surface area contributed by atoms with Crippen LogP contribution in [0.1, 0.15) is 125 Å². The Labute approximate surface area is 184 Å². The van der Waals surface area contributed by atoms with Crippen molar-refractivity contribution < 1.29 is 0 Å². The summed E-state index contributed by atoms with van der Waals surface area (Å²) >= 11 is 0. The Balaban J connectivity index is 3.43. The smallest absolute Gasteiger partial charge is 0.000357 e. The van der Waals surface area contributed by atoms with Crippen LogP contribution in [0.15, 0.2) is 11.1 Å². The minimum absolute atomic E-state index is 0.0602. The van der Waals surface area contributed by atoms with Gasteiger partial charge in [0.25, 0.3) is 0 Å². The lowest BCUT2D eigenvalue weighted by Gasteiger charge is -2.81. The van der Waals surface area contributed by atoms with Crippen molar-refractivity contribution in [2.24, 2.45) is 48.7 Å². The van der Waals surface area contributed by atoms with Crippen LogP contribution >= 0.6 is 0 Å². The quantitative estimate of drug-likeness (QED) is 0.354. The summed E-state index contributed by atoms with van der Waals surface area (Å²) in [4.78, 5) is 0. The predicted molar refractivity (Wildman–Crippen MR) is 131 cm³/mol. The molecule has 2 bridgehead atoms. The molecule has 1 saturated carbocycles. The lowest BCUT2D eigenvalue weighted by atomic mass is 9.22. The van der Waals surface area contributed by atoms with Crippen molar-refractivity contribution in [3.05, 3.63) is 11.1 Å². The van der Waals surface area contributed by atoms with Gasteiger partial charge in [-0.2, -0.15) is 0 Å². The average molecular weight is 403 g/mol. The van der Waals surface area contributed by atoms with Gasteiger partial charge in [-0.25, -0.2) is 0 Å². The highest BCUT2D eigenvalue weighted by Crippen LogP contribution is 2.84. The summed E-state index contributed by atoms with van der Waals surface area (Å²) in [7, 11) is 0. The van der Waals surface area contributed by atoms with E-state index >= 15 is 0 Å². The highest BCUT2D eigenvalue weighted by Gasteiger charge is 2.78. The summed E-state index contributed by atoms with van der Waals surface area (Å²) in [5.41, 5.74) is 4.22. The SMILES string of the molecule is CC1=C(C)C2(C)C(C)(C)C(C)(C)C(C)(C)C(C)(C1(C)C)C(C)(C)C(C)(C)C2(C)C. The van der Waals surface area contributed by atoms with Crippen LogP contribution in [-0.2, 0) is 0 Å². The molecule has 0 heteroatoms. The third kappa shape index (κ3) is 1.96. The maximum atomic E-state index is 2.65. The highest BCUT2D eigenvalue weighted by atomic mass is 14.8. The van der Waals surface area contributed by atoms with Gasteiger partial charge in [0.15, 0.2) is 0 Å². The van der Waals surface area contributed by atoms with Gasteiger partial charge in [0.05, 0.1) is 0 Å². The number of rotatable bonds is 0. The van der Waals surface area contributed by atoms with Gasteiger partial charge < -0.3 is 0 Å². The van der Waals surface area contributed by atoms with Crippen LogP contribution in [-0.4, -0.2) is 0 Å². The van der Waals surface area contributed by atoms with E-state index in [9.17, 15) is 0 Å². The van der Waals surface area contributed by atoms with E-state index in [0.717, 1.165) is 0 Å². The molecule has 0 atom stereocenters. The molecule has 0 nitrogen and oxygen atoms in total. The third-order valence-corrected chi connectivity index (χ3v) is 14.8. The van der Waals surface area contributed by atoms with E-state index in [4.69, 9.17) is 0 Å². The van der Waals surface area contributed by atoms with Gasteiger partial charge in [-0.1, -0.05) is 122 Å². The van der Waals surface area contributed by atoms with Crippen molar-refractivity contribution in [3.8, 4) is 0 Å². The Hall–Kier alpha value is -0.260. The van der Waals surface area contributed by atoms with Gasteiger partial charge in [-0.05, 0) is 62.6 Å². The standard InChI is InChI=1S/C29H54/c1-19-20(2)28(17)24(9,10)22(5,6)26(13,14)29(18,21(19,3)4)27(15,16)23(7,8)25(28,11)12/h1-18H3. The van der Waals surface area contributed by atoms with E-state index in [1.807, 2.05) is 0 Å². The zero-order valence-electron chi connectivity index (χ0n) is 23.5. The fourth-order valence-electron chi connectivity index (χ4n) is 9.34.